The molecule has 7 aromatic rings. The highest BCUT2D eigenvalue weighted by molar-refractivity contribution is 7.22. The largest absolute Gasteiger partial charge is 0.498 e. The molecule has 3 N–H and O–H groups in total. The molecule has 316 valence electrons. The van der Waals surface area contributed by atoms with Gasteiger partial charge in [0.15, 0.2) is 0 Å². The number of aliphatic imine (C=N–C) groups is 1. The quantitative estimate of drug-likeness (QED) is 0.0567. The first-order valence-electron chi connectivity index (χ1n) is 18.8. The van der Waals surface area contributed by atoms with Crippen LogP contribution in [0.25, 0.3) is 25.6 Å². The number of benzene rings is 2. The Kier molecular flexibility index (Phi) is 14.5. The minimum absolute atomic E-state index is 0.0768. The van der Waals surface area contributed by atoms with Gasteiger partial charge in [-0.2, -0.15) is 14.8 Å². The second-order valence-electron chi connectivity index (χ2n) is 12.8. The molecular formula is C42H42N8O9S2. The van der Waals surface area contributed by atoms with Crippen LogP contribution >= 0.6 is 22.7 Å². The van der Waals surface area contributed by atoms with Crippen molar-refractivity contribution in [2.75, 3.05) is 25.8 Å². The summed E-state index contributed by atoms with van der Waals surface area (Å²) in [6.45, 7) is 6.44. The zero-order valence-corrected chi connectivity index (χ0v) is 35.5. The maximum absolute atomic E-state index is 13.2. The van der Waals surface area contributed by atoms with Crippen LogP contribution in [0, 0.1) is 0 Å². The van der Waals surface area contributed by atoms with Crippen LogP contribution in [0.5, 0.6) is 0 Å². The molecule has 0 unspecified atom stereocenters. The molecule has 0 aliphatic carbocycles. The zero-order chi connectivity index (χ0) is 43.5. The lowest BCUT2D eigenvalue weighted by Gasteiger charge is -2.09. The number of carbonyl (C=O) groups is 3. The van der Waals surface area contributed by atoms with Gasteiger partial charge in [-0.15, -0.1) is 0 Å². The predicted molar refractivity (Wildman–Crippen MR) is 232 cm³/mol. The van der Waals surface area contributed by atoms with Crippen molar-refractivity contribution in [3.8, 4) is 5.13 Å². The van der Waals surface area contributed by atoms with Crippen LogP contribution in [-0.4, -0.2) is 69.8 Å². The van der Waals surface area contributed by atoms with E-state index in [1.54, 1.807) is 32.4 Å². The van der Waals surface area contributed by atoms with Gasteiger partial charge in [0.2, 0.25) is 10.3 Å². The number of para-hydroxylation sites is 2. The number of hydrogen-bond donors (Lipinski definition) is 2. The van der Waals surface area contributed by atoms with Crippen LogP contribution in [0.1, 0.15) is 50.0 Å². The number of nitrogens with one attached hydrogen (secondary N) is 1. The highest BCUT2D eigenvalue weighted by Gasteiger charge is 2.36. The van der Waals surface area contributed by atoms with E-state index >= 15 is 0 Å². The van der Waals surface area contributed by atoms with Gasteiger partial charge in [-0.3, -0.25) is 29.3 Å². The number of hydrazone groups is 1. The SMILES string of the molecule is CCO/C(C)=C1/C(=O)N(c2nc3ccccc3s2)N=C1CC(=O)OC.COC(=O)Cc1[nH]n(-c2nc3ccccc3s2)c(=O)c1C(C)=NCc1ccco1.NCc1ccco1. The second-order valence-corrected chi connectivity index (χ2v) is 14.9. The third kappa shape index (κ3) is 10.4. The maximum Gasteiger partial charge on any atom is 0.311 e. The number of rotatable bonds is 12. The van der Waals surface area contributed by atoms with E-state index in [9.17, 15) is 19.2 Å². The lowest BCUT2D eigenvalue weighted by molar-refractivity contribution is -0.140. The normalized spacial score (nSPS) is 13.3. The first kappa shape index (κ1) is 43.6. The highest BCUT2D eigenvalue weighted by Crippen LogP contribution is 2.33. The average Bonchev–Trinajstić information content (AvgIpc) is 4.13. The molecule has 0 saturated heterocycles. The van der Waals surface area contributed by atoms with Crippen molar-refractivity contribution in [3.05, 3.63) is 130 Å². The fourth-order valence-electron chi connectivity index (χ4n) is 5.90. The number of nitrogens with zero attached hydrogens (tertiary/aromatic N) is 6. The summed E-state index contributed by atoms with van der Waals surface area (Å²) in [6.07, 6.45) is 3.00. The van der Waals surface area contributed by atoms with Gasteiger partial charge in [0.1, 0.15) is 22.9 Å². The molecule has 1 amide bonds. The number of nitrogens with two attached hydrogens (primary N) is 1. The Bertz CT molecular complexity index is 2710. The van der Waals surface area contributed by atoms with Crippen molar-refractivity contribution in [3.63, 3.8) is 0 Å². The third-order valence-corrected chi connectivity index (χ3v) is 10.8. The molecule has 0 atom stereocenters. The number of aromatic amines is 1. The molecule has 1 aliphatic rings. The van der Waals surface area contributed by atoms with Gasteiger partial charge in [0.05, 0.1) is 96.7 Å². The predicted octanol–water partition coefficient (Wildman–Crippen LogP) is 6.70. The summed E-state index contributed by atoms with van der Waals surface area (Å²) in [5.41, 5.74) is 8.35. The molecule has 5 aromatic heterocycles. The van der Waals surface area contributed by atoms with Crippen LogP contribution in [0.2, 0.25) is 0 Å². The number of furan rings is 2. The summed E-state index contributed by atoms with van der Waals surface area (Å²) in [5, 5.41) is 9.50. The van der Waals surface area contributed by atoms with Crippen molar-refractivity contribution in [2.24, 2.45) is 15.8 Å². The standard InChI is InChI=1S/C20H18N4O4S.C17H17N3O4S.C5H7NO/c1-12(21-11-13-6-5-9-28-13)18-15(10-17(25)27-2)23-24(19(18)26)20-22-14-7-3-4-8-16(14)29-20;1-4-24-10(2)15-12(9-14(21)23-3)19-20(16(15)22)17-18-11-7-5-6-8-13(11)25-17;6-4-5-2-1-3-7-5/h3-9,23H,10-11H2,1-2H3;5-8H,4,9H2,1-3H3;1-3H,4,6H2/b;15-10+;. The minimum atomic E-state index is -0.473. The number of allylic oxidation sites excluding steroid dienone is 1. The van der Waals surface area contributed by atoms with E-state index in [0.717, 1.165) is 26.2 Å². The Hall–Kier alpha value is -6.96. The number of ether oxygens (including phenoxy) is 3. The molecule has 17 nitrogen and oxygen atoms in total. The van der Waals surface area contributed by atoms with Crippen molar-refractivity contribution in [1.82, 2.24) is 19.7 Å². The Balaban J connectivity index is 0.000000177. The van der Waals surface area contributed by atoms with Gasteiger partial charge >= 0.3 is 11.9 Å². The minimum Gasteiger partial charge on any atom is -0.498 e. The number of esters is 2. The number of H-pyrrole nitrogens is 1. The lowest BCUT2D eigenvalue weighted by atomic mass is 10.1. The highest BCUT2D eigenvalue weighted by atomic mass is 32.1. The van der Waals surface area contributed by atoms with Crippen molar-refractivity contribution in [2.45, 2.75) is 46.7 Å². The van der Waals surface area contributed by atoms with E-state index in [-0.39, 0.29) is 29.9 Å². The molecule has 19 heteroatoms. The number of thiazole rings is 2. The molecule has 8 rings (SSSR count). The number of hydrogen-bond acceptors (Lipinski definition) is 16. The molecule has 2 aromatic carbocycles. The van der Waals surface area contributed by atoms with Gasteiger partial charge in [-0.25, -0.2) is 9.97 Å². The van der Waals surface area contributed by atoms with Crippen LogP contribution in [-0.2, 0) is 48.1 Å². The summed E-state index contributed by atoms with van der Waals surface area (Å²) in [6, 6.07) is 22.5. The zero-order valence-electron chi connectivity index (χ0n) is 33.9. The number of methoxy groups -OCH3 is 2. The first-order chi connectivity index (χ1) is 29.5. The summed E-state index contributed by atoms with van der Waals surface area (Å²) in [5.74, 6) is 0.658. The van der Waals surface area contributed by atoms with E-state index in [1.807, 2.05) is 73.7 Å². The van der Waals surface area contributed by atoms with E-state index in [0.29, 0.717) is 64.2 Å². The number of amides is 1. The first-order valence-corrected chi connectivity index (χ1v) is 20.4. The molecule has 0 bridgehead atoms. The molecule has 0 fully saturated rings. The Labute approximate surface area is 356 Å². The van der Waals surface area contributed by atoms with Gasteiger partial charge in [-0.1, -0.05) is 46.9 Å². The maximum atomic E-state index is 13.2. The number of fused-ring (bicyclic) bond motifs is 2. The van der Waals surface area contributed by atoms with Gasteiger partial charge in [-0.05, 0) is 69.3 Å². The van der Waals surface area contributed by atoms with Crippen LogP contribution in [0.4, 0.5) is 5.13 Å². The van der Waals surface area contributed by atoms with Gasteiger partial charge in [0, 0.05) is 5.71 Å². The van der Waals surface area contributed by atoms with Gasteiger partial charge < -0.3 is 28.8 Å². The van der Waals surface area contributed by atoms with Crippen LogP contribution in [0.3, 0.4) is 0 Å². The summed E-state index contributed by atoms with van der Waals surface area (Å²) >= 11 is 2.74. The topological polar surface area (TPSA) is 223 Å². The monoisotopic (exact) mass is 866 g/mol. The van der Waals surface area contributed by atoms with Crippen molar-refractivity contribution in [1.29, 1.82) is 0 Å². The summed E-state index contributed by atoms with van der Waals surface area (Å²) in [7, 11) is 2.60. The number of anilines is 1. The van der Waals surface area contributed by atoms with E-state index < -0.39 is 11.9 Å². The fourth-order valence-corrected chi connectivity index (χ4v) is 7.74. The van der Waals surface area contributed by atoms with Crippen molar-refractivity contribution < 1.29 is 37.4 Å². The summed E-state index contributed by atoms with van der Waals surface area (Å²) < 4.78 is 28.4. The fraction of sp³-hybridized carbons (Fsp3) is 0.238. The number of carbonyl (C=O) groups excluding carboxylic acids is 3. The van der Waals surface area contributed by atoms with Crippen molar-refractivity contribution >= 4 is 77.5 Å². The molecule has 0 radical (unpaired) electrons. The molecular weight excluding hydrogens is 825 g/mol. The van der Waals surface area contributed by atoms with Crippen LogP contribution < -0.4 is 16.3 Å². The third-order valence-electron chi connectivity index (χ3n) is 8.82. The smallest absolute Gasteiger partial charge is 0.311 e. The molecule has 0 spiro atoms. The van der Waals surface area contributed by atoms with Gasteiger partial charge in [0.25, 0.3) is 11.5 Å². The van der Waals surface area contributed by atoms with E-state index in [4.69, 9.17) is 28.8 Å². The van der Waals surface area contributed by atoms with Crippen LogP contribution in [0.15, 0.2) is 120 Å². The number of aromatic nitrogens is 4. The Morgan fingerprint density at radius 2 is 1.41 bits per heavy atom. The molecule has 1 aliphatic heterocycles. The summed E-state index contributed by atoms with van der Waals surface area (Å²) in [4.78, 5) is 63.0. The molecule has 6 heterocycles. The second kappa shape index (κ2) is 20.3. The molecule has 61 heavy (non-hydrogen) atoms. The Morgan fingerprint density at radius 3 is 1.97 bits per heavy atom. The lowest BCUT2D eigenvalue weighted by Crippen LogP contribution is -2.22. The Morgan fingerprint density at radius 1 is 0.820 bits per heavy atom. The van der Waals surface area contributed by atoms with E-state index in [1.165, 1.54) is 46.6 Å². The molecule has 0 saturated carbocycles. The van der Waals surface area contributed by atoms with E-state index in [2.05, 4.69) is 25.2 Å². The average molecular weight is 867 g/mol.